The fourth-order valence-corrected chi connectivity index (χ4v) is 0.631. The Balaban J connectivity index is 0.000000291. The van der Waals surface area contributed by atoms with E-state index in [1.165, 1.54) is 16.3 Å². The first-order valence-corrected chi connectivity index (χ1v) is 10.0. The van der Waals surface area contributed by atoms with Gasteiger partial charge in [0.25, 0.3) is 0 Å². The fraction of sp³-hybridized carbons (Fsp3) is 0. The van der Waals surface area contributed by atoms with E-state index in [9.17, 15) is 0 Å². The van der Waals surface area contributed by atoms with Crippen molar-refractivity contribution in [2.24, 2.45) is 0 Å². The Kier molecular flexibility index (Phi) is 7.53. The van der Waals surface area contributed by atoms with Crippen LogP contribution in [0.15, 0.2) is 28.7 Å². The van der Waals surface area contributed by atoms with Crippen molar-refractivity contribution in [3.8, 4) is 0 Å². The maximum absolute atomic E-state index is 3.29. The van der Waals surface area contributed by atoms with Crippen LogP contribution in [0.2, 0.25) is 0 Å². The van der Waals surface area contributed by atoms with Gasteiger partial charge in [0.15, 0.2) is 0 Å². The molecule has 1 aromatic carbocycles. The number of hydrogen-bond acceptors (Lipinski definition) is 0. The van der Waals surface area contributed by atoms with Gasteiger partial charge in [-0.05, 0) is 0 Å². The van der Waals surface area contributed by atoms with Crippen LogP contribution in [0, 0.1) is 6.07 Å². The molecule has 0 saturated heterocycles. The summed E-state index contributed by atoms with van der Waals surface area (Å²) in [6.45, 7) is 0. The molecule has 0 aliphatic rings. The predicted molar refractivity (Wildman–Crippen MR) is 41.9 cm³/mol. The molecule has 0 unspecified atom stereocenters. The Morgan fingerprint density at radius 1 is 1.22 bits per heavy atom. The van der Waals surface area contributed by atoms with E-state index in [4.69, 9.17) is 0 Å². The number of rotatable bonds is 0. The van der Waals surface area contributed by atoms with E-state index in [1.54, 1.807) is 0 Å². The molecule has 0 fully saturated rings. The molecule has 0 aliphatic carbocycles. The third-order valence-electron chi connectivity index (χ3n) is 0.678. The summed E-state index contributed by atoms with van der Waals surface area (Å²) in [7, 11) is 0. The summed E-state index contributed by atoms with van der Waals surface area (Å²) < 4.78 is 1.10. The molecule has 0 aliphatic heterocycles. The van der Waals surface area contributed by atoms with E-state index in [0.29, 0.717) is 0 Å². The molecule has 0 aromatic heterocycles. The normalized spacial score (nSPS) is 7.56. The second-order valence-electron chi connectivity index (χ2n) is 1.22. The zero-order chi connectivity index (χ0) is 7.11. The zero-order valence-corrected chi connectivity index (χ0v) is 10.9. The van der Waals surface area contributed by atoms with Gasteiger partial charge in [0, 0.05) is 0 Å². The molecule has 0 nitrogen and oxygen atoms in total. The number of hydrogen-bond donors (Lipinski definition) is 0. The minimum absolute atomic E-state index is 1.10. The van der Waals surface area contributed by atoms with Crippen LogP contribution >= 0.6 is 29.6 Å². The van der Waals surface area contributed by atoms with Crippen molar-refractivity contribution in [3.63, 3.8) is 0 Å². The van der Waals surface area contributed by atoms with Crippen LogP contribution in [0.3, 0.4) is 0 Å². The van der Waals surface area contributed by atoms with Crippen molar-refractivity contribution in [2.45, 2.75) is 0 Å². The standard InChI is InChI=1S/C6H4Br.BrH.Zn/c7-6-4-2-1-3-5-6;;/h2-5H;1H;/q-1;;+2/p-1. The summed E-state index contributed by atoms with van der Waals surface area (Å²) in [5.41, 5.74) is 0. The average molecular weight is 301 g/mol. The molecule has 9 heavy (non-hydrogen) atoms. The molecule has 0 amide bonds. The van der Waals surface area contributed by atoms with Gasteiger partial charge in [-0.15, -0.1) is 0 Å². The molecule has 0 spiro atoms. The molecule has 0 radical (unpaired) electrons. The summed E-state index contributed by atoms with van der Waals surface area (Å²) in [5.74, 6) is 0. The Labute approximate surface area is 80.2 Å². The second-order valence-corrected chi connectivity index (χ2v) is 2.13. The number of halogens is 2. The van der Waals surface area contributed by atoms with Gasteiger partial charge in [0.1, 0.15) is 0 Å². The first kappa shape index (κ1) is 9.80. The van der Waals surface area contributed by atoms with E-state index in [1.807, 2.05) is 24.3 Å². The molecule has 44 valence electrons. The van der Waals surface area contributed by atoms with Gasteiger partial charge in [0.2, 0.25) is 0 Å². The first-order valence-electron chi connectivity index (χ1n) is 2.28. The molecule has 1 rings (SSSR count). The molecule has 1 aromatic rings. The van der Waals surface area contributed by atoms with E-state index >= 15 is 0 Å². The van der Waals surface area contributed by atoms with E-state index in [0.717, 1.165) is 4.47 Å². The van der Waals surface area contributed by atoms with Crippen LogP contribution in [-0.2, 0) is 16.3 Å². The summed E-state index contributed by atoms with van der Waals surface area (Å²) in [4.78, 5) is 0. The van der Waals surface area contributed by atoms with Gasteiger partial charge in [-0.2, -0.15) is 30.3 Å². The van der Waals surface area contributed by atoms with E-state index < -0.39 is 0 Å². The second kappa shape index (κ2) is 6.92. The Hall–Kier alpha value is 0.803. The van der Waals surface area contributed by atoms with Crippen molar-refractivity contribution in [3.05, 3.63) is 34.8 Å². The SMILES string of the molecule is Brc1cc[c-]cc1.[Zn+][Br]. The van der Waals surface area contributed by atoms with Crippen LogP contribution in [-0.4, -0.2) is 0 Å². The molecule has 0 heterocycles. The summed E-state index contributed by atoms with van der Waals surface area (Å²) in [5, 5.41) is 0. The molecule has 0 bridgehead atoms. The third kappa shape index (κ3) is 5.26. The van der Waals surface area contributed by atoms with Gasteiger partial charge in [-0.1, -0.05) is 20.4 Å². The quantitative estimate of drug-likeness (QED) is 0.510. The van der Waals surface area contributed by atoms with Crippen LogP contribution < -0.4 is 0 Å². The monoisotopic (exact) mass is 298 g/mol. The van der Waals surface area contributed by atoms with Crippen LogP contribution in [0.5, 0.6) is 0 Å². The average Bonchev–Trinajstić information content (AvgIpc) is 1.94. The van der Waals surface area contributed by atoms with Crippen molar-refractivity contribution in [1.82, 2.24) is 0 Å². The van der Waals surface area contributed by atoms with Gasteiger partial charge >= 0.3 is 30.0 Å². The van der Waals surface area contributed by atoms with Crippen molar-refractivity contribution in [2.75, 3.05) is 0 Å². The van der Waals surface area contributed by atoms with Gasteiger partial charge in [-0.25, -0.2) is 0 Å². The molecule has 0 saturated carbocycles. The minimum atomic E-state index is 1.10. The summed E-state index contributed by atoms with van der Waals surface area (Å²) >= 11 is 7.54. The predicted octanol–water partition coefficient (Wildman–Crippen LogP) is 3.09. The molecular weight excluding hydrogens is 297 g/mol. The molecule has 3 heteroatoms. The fourth-order valence-electron chi connectivity index (χ4n) is 0.367. The van der Waals surface area contributed by atoms with Crippen LogP contribution in [0.4, 0.5) is 0 Å². The van der Waals surface area contributed by atoms with Crippen molar-refractivity contribution < 1.29 is 16.3 Å². The molecule has 0 N–H and O–H groups in total. The molecular formula is C6H4Br2Zn. The Bertz CT molecular complexity index is 141. The van der Waals surface area contributed by atoms with Gasteiger partial charge in [-0.3, -0.25) is 0 Å². The van der Waals surface area contributed by atoms with Gasteiger partial charge in [0.05, 0.1) is 0 Å². The summed E-state index contributed by atoms with van der Waals surface area (Å²) in [6.07, 6.45) is 0. The van der Waals surface area contributed by atoms with Crippen molar-refractivity contribution in [1.29, 1.82) is 0 Å². The number of benzene rings is 1. The first-order chi connectivity index (χ1) is 4.39. The van der Waals surface area contributed by atoms with E-state index in [2.05, 4.69) is 35.6 Å². The van der Waals surface area contributed by atoms with Crippen molar-refractivity contribution >= 4 is 29.6 Å². The topological polar surface area (TPSA) is 0 Å². The molecule has 0 atom stereocenters. The van der Waals surface area contributed by atoms with Crippen LogP contribution in [0.25, 0.3) is 0 Å². The zero-order valence-electron chi connectivity index (χ0n) is 4.77. The Morgan fingerprint density at radius 2 is 1.67 bits per heavy atom. The van der Waals surface area contributed by atoms with Crippen LogP contribution in [0.1, 0.15) is 0 Å². The van der Waals surface area contributed by atoms with Gasteiger partial charge < -0.3 is 0 Å². The maximum atomic E-state index is 3.29. The van der Waals surface area contributed by atoms with E-state index in [-0.39, 0.29) is 0 Å². The third-order valence-corrected chi connectivity index (χ3v) is 1.21. The Morgan fingerprint density at radius 3 is 1.89 bits per heavy atom. The summed E-state index contributed by atoms with van der Waals surface area (Å²) in [6, 6.07) is 10.5.